The lowest BCUT2D eigenvalue weighted by Gasteiger charge is -2.32. The first-order valence-corrected chi connectivity index (χ1v) is 9.45. The maximum absolute atomic E-state index is 14.7. The van der Waals surface area contributed by atoms with Gasteiger partial charge in [-0.1, -0.05) is 0 Å². The highest BCUT2D eigenvalue weighted by atomic mass is 19.4. The zero-order chi connectivity index (χ0) is 24.1. The van der Waals surface area contributed by atoms with E-state index in [9.17, 15) is 31.1 Å². The normalized spacial score (nSPS) is 18.2. The lowest BCUT2D eigenvalue weighted by molar-refractivity contribution is -0.137. The van der Waals surface area contributed by atoms with Crippen molar-refractivity contribution in [2.75, 3.05) is 5.32 Å². The van der Waals surface area contributed by atoms with Gasteiger partial charge in [0.2, 0.25) is 0 Å². The highest BCUT2D eigenvalue weighted by molar-refractivity contribution is 6.03. The van der Waals surface area contributed by atoms with Crippen molar-refractivity contribution >= 4 is 17.4 Å². The van der Waals surface area contributed by atoms with Gasteiger partial charge in [-0.25, -0.2) is 9.07 Å². The van der Waals surface area contributed by atoms with Crippen LogP contribution in [0.15, 0.2) is 47.7 Å². The number of amides is 1. The molecule has 1 atom stereocenters. The van der Waals surface area contributed by atoms with Crippen LogP contribution in [-0.4, -0.2) is 26.1 Å². The van der Waals surface area contributed by atoms with Crippen molar-refractivity contribution in [3.63, 3.8) is 0 Å². The van der Waals surface area contributed by atoms with Crippen molar-refractivity contribution in [3.8, 4) is 0 Å². The largest absolute Gasteiger partial charge is 0.417 e. The summed E-state index contributed by atoms with van der Waals surface area (Å²) in [5.41, 5.74) is 3.42. The van der Waals surface area contributed by atoms with Gasteiger partial charge in [0.05, 0.1) is 17.8 Å². The number of nitrogens with one attached hydrogen (secondary N) is 1. The topological polar surface area (TPSA) is 90.2 Å². The Kier molecular flexibility index (Phi) is 5.21. The molecule has 1 aliphatic rings. The van der Waals surface area contributed by atoms with E-state index in [2.05, 4.69) is 15.4 Å². The zero-order valence-corrected chi connectivity index (χ0v) is 16.9. The van der Waals surface area contributed by atoms with Crippen LogP contribution in [0.5, 0.6) is 0 Å². The summed E-state index contributed by atoms with van der Waals surface area (Å²) in [5.74, 6) is -1.74. The lowest BCUT2D eigenvalue weighted by Crippen LogP contribution is -2.37. The summed E-state index contributed by atoms with van der Waals surface area (Å²) in [7, 11) is 0. The van der Waals surface area contributed by atoms with Gasteiger partial charge >= 0.3 is 12.7 Å². The van der Waals surface area contributed by atoms with Crippen LogP contribution >= 0.6 is 0 Å². The van der Waals surface area contributed by atoms with Gasteiger partial charge in [-0.15, -0.1) is 0 Å². The summed E-state index contributed by atoms with van der Waals surface area (Å²) in [4.78, 5) is 16.6. The fraction of sp³-hybridized carbons (Fsp3) is 0.250. The third-order valence-electron chi connectivity index (χ3n) is 5.18. The average Bonchev–Trinajstić information content (AvgIpc) is 3.36. The number of nitrogens with two attached hydrogens (primary N) is 1. The van der Waals surface area contributed by atoms with Gasteiger partial charge in [0, 0.05) is 23.6 Å². The number of carbonyl (C=O) groups excluding carboxylic acids is 1. The molecule has 1 amide bonds. The molecule has 4 rings (SSSR count). The van der Waals surface area contributed by atoms with Crippen molar-refractivity contribution in [1.29, 1.82) is 0 Å². The van der Waals surface area contributed by atoms with E-state index in [0.717, 1.165) is 30.6 Å². The van der Waals surface area contributed by atoms with Gasteiger partial charge < -0.3 is 15.6 Å². The van der Waals surface area contributed by atoms with Gasteiger partial charge in [-0.2, -0.15) is 27.1 Å². The number of fused-ring (bicyclic) bond motifs is 1. The van der Waals surface area contributed by atoms with Crippen LogP contribution in [0.25, 0.3) is 0 Å². The van der Waals surface area contributed by atoms with E-state index in [1.165, 1.54) is 23.6 Å². The lowest BCUT2D eigenvalue weighted by atomic mass is 9.90. The molecule has 174 valence electrons. The van der Waals surface area contributed by atoms with Crippen LogP contribution in [0.4, 0.5) is 32.0 Å². The molecule has 0 bridgehead atoms. The molecule has 0 aliphatic carbocycles. The SMILES string of the molecule is C[C@@]1(c2cc(NC(=O)c3ccn(C(F)F)n3)ccc2F)Cn2cc(C(F)(F)F)cc2C(N)=N1. The maximum atomic E-state index is 14.7. The summed E-state index contributed by atoms with van der Waals surface area (Å²) in [6, 6.07) is 5.50. The second-order valence-electron chi connectivity index (χ2n) is 7.62. The first kappa shape index (κ1) is 22.4. The second-order valence-corrected chi connectivity index (χ2v) is 7.62. The molecule has 1 aromatic carbocycles. The number of benzene rings is 1. The Balaban J connectivity index is 1.64. The van der Waals surface area contributed by atoms with E-state index >= 15 is 0 Å². The minimum Gasteiger partial charge on any atom is -0.382 e. The number of halogens is 6. The van der Waals surface area contributed by atoms with E-state index in [1.54, 1.807) is 0 Å². The Morgan fingerprint density at radius 1 is 1.24 bits per heavy atom. The van der Waals surface area contributed by atoms with Crippen molar-refractivity contribution in [3.05, 3.63) is 71.1 Å². The Morgan fingerprint density at radius 3 is 2.61 bits per heavy atom. The number of anilines is 1. The van der Waals surface area contributed by atoms with Gasteiger partial charge in [-0.05, 0) is 37.3 Å². The number of rotatable bonds is 4. The number of amidine groups is 1. The molecule has 33 heavy (non-hydrogen) atoms. The third kappa shape index (κ3) is 4.17. The van der Waals surface area contributed by atoms with E-state index in [0.29, 0.717) is 4.68 Å². The number of aliphatic imine (C=N–C) groups is 1. The maximum Gasteiger partial charge on any atom is 0.417 e. The summed E-state index contributed by atoms with van der Waals surface area (Å²) >= 11 is 0. The molecule has 3 N–H and O–H groups in total. The fourth-order valence-electron chi connectivity index (χ4n) is 3.63. The van der Waals surface area contributed by atoms with E-state index in [4.69, 9.17) is 5.73 Å². The van der Waals surface area contributed by atoms with Crippen LogP contribution in [0.2, 0.25) is 0 Å². The Labute approximate surface area is 182 Å². The summed E-state index contributed by atoms with van der Waals surface area (Å²) in [5, 5.41) is 5.88. The molecule has 3 aromatic rings. The Hall–Kier alpha value is -3.77. The number of carbonyl (C=O) groups is 1. The molecule has 0 fully saturated rings. The van der Waals surface area contributed by atoms with Crippen LogP contribution in [-0.2, 0) is 18.3 Å². The van der Waals surface area contributed by atoms with Gasteiger partial charge in [0.15, 0.2) is 5.69 Å². The molecular formula is C20H16F6N6O. The molecule has 3 heterocycles. The highest BCUT2D eigenvalue weighted by Crippen LogP contribution is 2.38. The van der Waals surface area contributed by atoms with Gasteiger partial charge in [-0.3, -0.25) is 9.79 Å². The molecule has 0 saturated carbocycles. The molecular weight excluding hydrogens is 454 g/mol. The first-order chi connectivity index (χ1) is 15.4. The summed E-state index contributed by atoms with van der Waals surface area (Å²) in [6.45, 7) is -1.58. The molecule has 1 aliphatic heterocycles. The number of nitrogens with zero attached hydrogens (tertiary/aromatic N) is 4. The Morgan fingerprint density at radius 2 is 1.97 bits per heavy atom. The van der Waals surface area contributed by atoms with Crippen LogP contribution in [0.1, 0.15) is 40.8 Å². The molecule has 0 saturated heterocycles. The number of alkyl halides is 5. The van der Waals surface area contributed by atoms with Crippen LogP contribution in [0, 0.1) is 5.82 Å². The van der Waals surface area contributed by atoms with E-state index in [1.807, 2.05) is 0 Å². The minimum absolute atomic E-state index is 0.0331. The van der Waals surface area contributed by atoms with Crippen LogP contribution in [0.3, 0.4) is 0 Å². The van der Waals surface area contributed by atoms with Crippen molar-refractivity contribution < 1.29 is 31.1 Å². The molecule has 13 heteroatoms. The van der Waals surface area contributed by atoms with Gasteiger partial charge in [0.25, 0.3) is 5.91 Å². The zero-order valence-electron chi connectivity index (χ0n) is 16.9. The molecule has 0 unspecified atom stereocenters. The smallest absolute Gasteiger partial charge is 0.382 e. The number of aromatic nitrogens is 3. The molecule has 7 nitrogen and oxygen atoms in total. The minimum atomic E-state index is -4.59. The van der Waals surface area contributed by atoms with Crippen LogP contribution < -0.4 is 11.1 Å². The highest BCUT2D eigenvalue weighted by Gasteiger charge is 2.38. The monoisotopic (exact) mass is 470 g/mol. The summed E-state index contributed by atoms with van der Waals surface area (Å²) < 4.78 is 80.9. The quantitative estimate of drug-likeness (QED) is 0.562. The van der Waals surface area contributed by atoms with Crippen molar-refractivity contribution in [1.82, 2.24) is 14.3 Å². The number of hydrogen-bond acceptors (Lipinski definition) is 4. The predicted molar refractivity (Wildman–Crippen MR) is 105 cm³/mol. The predicted octanol–water partition coefficient (Wildman–Crippen LogP) is 4.12. The fourth-order valence-corrected chi connectivity index (χ4v) is 3.63. The first-order valence-electron chi connectivity index (χ1n) is 9.45. The average molecular weight is 470 g/mol. The Bertz CT molecular complexity index is 1260. The molecule has 0 radical (unpaired) electrons. The second kappa shape index (κ2) is 7.67. The molecule has 0 spiro atoms. The van der Waals surface area contributed by atoms with Gasteiger partial charge in [0.1, 0.15) is 17.2 Å². The third-order valence-corrected chi connectivity index (χ3v) is 5.18. The van der Waals surface area contributed by atoms with Crippen molar-refractivity contribution in [2.45, 2.75) is 31.7 Å². The number of hydrogen-bond donors (Lipinski definition) is 2. The standard InChI is InChI=1S/C20H16F6N6O/c1-19(9-31-8-10(20(24,25)26)6-15(31)16(27)29-19)12-7-11(2-3-13(12)21)28-17(33)14-4-5-32(30-14)18(22)23/h2-8,18H,9H2,1H3,(H2,27,29)(H,28,33)/t19-/m0/s1. The van der Waals surface area contributed by atoms with Crippen molar-refractivity contribution in [2.24, 2.45) is 10.7 Å². The van der Waals surface area contributed by atoms with E-state index < -0.39 is 35.6 Å². The summed E-state index contributed by atoms with van der Waals surface area (Å²) in [6.07, 6.45) is -2.79. The molecule has 2 aromatic heterocycles. The van der Waals surface area contributed by atoms with E-state index in [-0.39, 0.29) is 35.0 Å².